The Balaban J connectivity index is 1.37. The Hall–Kier alpha value is -1.73. The molecule has 2 bridgehead atoms. The Morgan fingerprint density at radius 3 is 2.56 bits per heavy atom. The van der Waals surface area contributed by atoms with Gasteiger partial charge in [0.15, 0.2) is 0 Å². The molecule has 4 aliphatic rings. The summed E-state index contributed by atoms with van der Waals surface area (Å²) >= 11 is 1.60. The second-order valence-electron chi connectivity index (χ2n) is 7.69. The fourth-order valence-corrected chi connectivity index (χ4v) is 6.10. The second-order valence-corrected chi connectivity index (χ2v) is 8.66. The van der Waals surface area contributed by atoms with Crippen LogP contribution in [0, 0.1) is 17.8 Å². The quantitative estimate of drug-likeness (QED) is 0.814. The van der Waals surface area contributed by atoms with Gasteiger partial charge in [-0.3, -0.25) is 19.8 Å². The van der Waals surface area contributed by atoms with E-state index in [2.05, 4.69) is 12.3 Å². The molecule has 5 rings (SSSR count). The van der Waals surface area contributed by atoms with E-state index in [9.17, 15) is 14.4 Å². The van der Waals surface area contributed by atoms with Crippen LogP contribution in [-0.2, 0) is 27.2 Å². The molecule has 1 aromatic rings. The largest absolute Gasteiger partial charge is 0.373 e. The van der Waals surface area contributed by atoms with E-state index < -0.39 is 11.8 Å². The summed E-state index contributed by atoms with van der Waals surface area (Å²) in [6.45, 7) is 2.22. The lowest BCUT2D eigenvalue weighted by molar-refractivity contribution is -0.145. The Labute approximate surface area is 149 Å². The molecule has 0 saturated carbocycles. The maximum Gasteiger partial charge on any atom is 0.271 e. The molecule has 7 heteroatoms. The summed E-state index contributed by atoms with van der Waals surface area (Å²) in [6, 6.07) is 0. The van der Waals surface area contributed by atoms with Gasteiger partial charge in [0.1, 0.15) is 0 Å². The molecule has 3 saturated heterocycles. The van der Waals surface area contributed by atoms with Crippen molar-refractivity contribution in [2.45, 2.75) is 51.2 Å². The zero-order chi connectivity index (χ0) is 17.3. The highest BCUT2D eigenvalue weighted by Crippen LogP contribution is 2.48. The average molecular weight is 360 g/mol. The van der Waals surface area contributed by atoms with Gasteiger partial charge in [0.2, 0.25) is 0 Å². The minimum absolute atomic E-state index is 0.163. The highest BCUT2D eigenvalue weighted by molar-refractivity contribution is 7.10. The number of hydrogen-bond acceptors (Lipinski definition) is 5. The summed E-state index contributed by atoms with van der Waals surface area (Å²) in [6.07, 6.45) is 4.27. The third kappa shape index (κ3) is 2.15. The maximum atomic E-state index is 12.7. The summed E-state index contributed by atoms with van der Waals surface area (Å²) in [4.78, 5) is 39.3. The molecule has 25 heavy (non-hydrogen) atoms. The lowest BCUT2D eigenvalue weighted by Gasteiger charge is -2.21. The van der Waals surface area contributed by atoms with Crippen molar-refractivity contribution in [3.63, 3.8) is 0 Å². The first-order valence-electron chi connectivity index (χ1n) is 8.98. The van der Waals surface area contributed by atoms with E-state index in [1.807, 2.05) is 5.38 Å². The Bertz CT molecular complexity index is 760. The van der Waals surface area contributed by atoms with Crippen LogP contribution in [0.3, 0.4) is 0 Å². The Kier molecular flexibility index (Phi) is 3.34. The third-order valence-corrected chi connectivity index (χ3v) is 7.20. The van der Waals surface area contributed by atoms with Gasteiger partial charge in [0.25, 0.3) is 17.7 Å². The zero-order valence-corrected chi connectivity index (χ0v) is 14.8. The topological polar surface area (TPSA) is 75.7 Å². The lowest BCUT2D eigenvalue weighted by Crippen LogP contribution is -2.48. The molecule has 1 N–H and O–H groups in total. The molecule has 0 unspecified atom stereocenters. The Morgan fingerprint density at radius 2 is 1.88 bits per heavy atom. The van der Waals surface area contributed by atoms with Crippen molar-refractivity contribution in [1.29, 1.82) is 0 Å². The molecule has 6 nitrogen and oxygen atoms in total. The number of ether oxygens (including phenoxy) is 1. The summed E-state index contributed by atoms with van der Waals surface area (Å²) in [7, 11) is 0. The fourth-order valence-electron chi connectivity index (χ4n) is 4.85. The van der Waals surface area contributed by atoms with Crippen LogP contribution < -0.4 is 5.43 Å². The molecule has 3 aliphatic heterocycles. The lowest BCUT2D eigenvalue weighted by atomic mass is 9.81. The maximum absolute atomic E-state index is 12.7. The Morgan fingerprint density at radius 1 is 1.20 bits per heavy atom. The number of rotatable bonds is 2. The van der Waals surface area contributed by atoms with Crippen LogP contribution in [0.2, 0.25) is 0 Å². The van der Waals surface area contributed by atoms with E-state index in [4.69, 9.17) is 4.74 Å². The smallest absolute Gasteiger partial charge is 0.271 e. The van der Waals surface area contributed by atoms with E-state index in [1.165, 1.54) is 4.88 Å². The van der Waals surface area contributed by atoms with Crippen LogP contribution in [0.15, 0.2) is 5.38 Å². The molecule has 3 fully saturated rings. The van der Waals surface area contributed by atoms with E-state index in [-0.39, 0.29) is 29.9 Å². The summed E-state index contributed by atoms with van der Waals surface area (Å²) in [5, 5.41) is 2.82. The molecule has 132 valence electrons. The number of fused-ring (bicyclic) bond motifs is 6. The van der Waals surface area contributed by atoms with E-state index in [0.717, 1.165) is 42.7 Å². The molecule has 0 aromatic carbocycles. The van der Waals surface area contributed by atoms with Crippen molar-refractivity contribution in [2.24, 2.45) is 17.8 Å². The van der Waals surface area contributed by atoms with Crippen molar-refractivity contribution < 1.29 is 19.1 Å². The van der Waals surface area contributed by atoms with Crippen molar-refractivity contribution in [2.75, 3.05) is 0 Å². The number of carbonyl (C=O) groups excluding carboxylic acids is 3. The van der Waals surface area contributed by atoms with Crippen LogP contribution in [0.25, 0.3) is 0 Å². The molecule has 3 amide bonds. The molecular weight excluding hydrogens is 340 g/mol. The molecule has 0 radical (unpaired) electrons. The molecule has 1 aromatic heterocycles. The average Bonchev–Trinajstić information content (AvgIpc) is 3.34. The van der Waals surface area contributed by atoms with Gasteiger partial charge in [-0.05, 0) is 43.6 Å². The van der Waals surface area contributed by atoms with Crippen LogP contribution in [-0.4, -0.2) is 34.9 Å². The number of thiophene rings is 1. The summed E-state index contributed by atoms with van der Waals surface area (Å²) < 4.78 is 5.71. The zero-order valence-electron chi connectivity index (χ0n) is 14.0. The third-order valence-electron chi connectivity index (χ3n) is 6.14. The fraction of sp³-hybridized carbons (Fsp3) is 0.611. The summed E-state index contributed by atoms with van der Waals surface area (Å²) in [5.74, 6) is -1.16. The monoisotopic (exact) mass is 360 g/mol. The number of nitrogens with one attached hydrogen (secondary N) is 1. The minimum Gasteiger partial charge on any atom is -0.373 e. The van der Waals surface area contributed by atoms with Crippen molar-refractivity contribution >= 4 is 29.1 Å². The number of carbonyl (C=O) groups is 3. The minimum atomic E-state index is -0.413. The van der Waals surface area contributed by atoms with Gasteiger partial charge < -0.3 is 4.74 Å². The highest BCUT2D eigenvalue weighted by atomic mass is 32.1. The van der Waals surface area contributed by atoms with E-state index >= 15 is 0 Å². The van der Waals surface area contributed by atoms with Gasteiger partial charge in [-0.1, -0.05) is 6.92 Å². The molecule has 5 atom stereocenters. The van der Waals surface area contributed by atoms with Crippen molar-refractivity contribution in [3.05, 3.63) is 21.4 Å². The van der Waals surface area contributed by atoms with Crippen LogP contribution in [0.4, 0.5) is 0 Å². The van der Waals surface area contributed by atoms with E-state index in [1.54, 1.807) is 11.3 Å². The van der Waals surface area contributed by atoms with Crippen LogP contribution in [0.5, 0.6) is 0 Å². The van der Waals surface area contributed by atoms with Gasteiger partial charge in [0.05, 0.1) is 29.6 Å². The first kappa shape index (κ1) is 15.5. The van der Waals surface area contributed by atoms with Crippen LogP contribution in [0.1, 0.15) is 47.0 Å². The van der Waals surface area contributed by atoms with Gasteiger partial charge in [-0.15, -0.1) is 11.3 Å². The van der Waals surface area contributed by atoms with Crippen molar-refractivity contribution in [3.8, 4) is 0 Å². The standard InChI is InChI=1S/C18H20N2O4S/c1-8-2-3-9-10(7-25-13(9)6-8)16(21)19-20-17(22)14-11-4-5-12(24-11)15(14)18(20)23/h7-8,11-12,14-15H,2-6H2,1H3,(H,19,21)/t8-,11+,12+,14-,15+/m0/s1. The number of nitrogens with zero attached hydrogens (tertiary/aromatic N) is 1. The van der Waals surface area contributed by atoms with E-state index in [0.29, 0.717) is 11.5 Å². The number of amides is 3. The predicted octanol–water partition coefficient (Wildman–Crippen LogP) is 1.68. The first-order valence-corrected chi connectivity index (χ1v) is 9.86. The predicted molar refractivity (Wildman–Crippen MR) is 89.7 cm³/mol. The normalized spacial score (nSPS) is 35.9. The van der Waals surface area contributed by atoms with Crippen molar-refractivity contribution in [1.82, 2.24) is 10.4 Å². The molecule has 1 aliphatic carbocycles. The van der Waals surface area contributed by atoms with Gasteiger partial charge in [-0.2, -0.15) is 5.01 Å². The van der Waals surface area contributed by atoms with Gasteiger partial charge in [-0.25, -0.2) is 0 Å². The van der Waals surface area contributed by atoms with Gasteiger partial charge in [0, 0.05) is 10.3 Å². The first-order chi connectivity index (χ1) is 12.0. The number of imide groups is 1. The van der Waals surface area contributed by atoms with Crippen LogP contribution >= 0.6 is 11.3 Å². The highest BCUT2D eigenvalue weighted by Gasteiger charge is 2.62. The SMILES string of the molecule is C[C@H]1CCc2c(C(=O)NN3C(=O)[C@@H]4[C@H](C3=O)[C@H]3CC[C@H]4O3)csc2C1. The number of hydrogen-bond donors (Lipinski definition) is 1. The molecule has 4 heterocycles. The number of hydrazine groups is 1. The molecular formula is C18H20N2O4S. The second kappa shape index (κ2) is 5.38. The molecule has 0 spiro atoms. The van der Waals surface area contributed by atoms with Gasteiger partial charge >= 0.3 is 0 Å². The summed E-state index contributed by atoms with van der Waals surface area (Å²) in [5.41, 5.74) is 4.29.